The van der Waals surface area contributed by atoms with Crippen LogP contribution in [-0.4, -0.2) is 31.2 Å². The van der Waals surface area contributed by atoms with E-state index < -0.39 is 0 Å². The topological polar surface area (TPSA) is 66.5 Å². The third kappa shape index (κ3) is 2.52. The SMILES string of the molecule is O=Cc1ccc(N2CC(=O)NC(=O)C2)c(Br)c1. The van der Waals surface area contributed by atoms with Crippen LogP contribution in [0.15, 0.2) is 22.7 Å². The summed E-state index contributed by atoms with van der Waals surface area (Å²) in [6, 6.07) is 5.00. The van der Waals surface area contributed by atoms with Crippen molar-refractivity contribution in [3.8, 4) is 0 Å². The summed E-state index contributed by atoms with van der Waals surface area (Å²) in [6.07, 6.45) is 0.739. The predicted molar refractivity (Wildman–Crippen MR) is 64.9 cm³/mol. The molecule has 88 valence electrons. The van der Waals surface area contributed by atoms with Crippen molar-refractivity contribution < 1.29 is 14.4 Å². The molecule has 0 aromatic heterocycles. The van der Waals surface area contributed by atoms with Crippen molar-refractivity contribution in [3.05, 3.63) is 28.2 Å². The van der Waals surface area contributed by atoms with Crippen LogP contribution >= 0.6 is 15.9 Å². The molecule has 1 aromatic rings. The van der Waals surface area contributed by atoms with Crippen LogP contribution in [0.4, 0.5) is 5.69 Å². The van der Waals surface area contributed by atoms with Crippen LogP contribution in [0.5, 0.6) is 0 Å². The van der Waals surface area contributed by atoms with Gasteiger partial charge in [0.1, 0.15) is 6.29 Å². The summed E-state index contributed by atoms with van der Waals surface area (Å²) in [7, 11) is 0. The first-order valence-corrected chi connectivity index (χ1v) is 5.72. The van der Waals surface area contributed by atoms with Gasteiger partial charge in [-0.3, -0.25) is 19.7 Å². The molecule has 0 atom stereocenters. The van der Waals surface area contributed by atoms with Gasteiger partial charge in [0, 0.05) is 10.0 Å². The van der Waals surface area contributed by atoms with Gasteiger partial charge < -0.3 is 4.90 Å². The van der Waals surface area contributed by atoms with E-state index >= 15 is 0 Å². The van der Waals surface area contributed by atoms with Crippen molar-refractivity contribution in [2.24, 2.45) is 0 Å². The van der Waals surface area contributed by atoms with Gasteiger partial charge in [-0.05, 0) is 34.1 Å². The monoisotopic (exact) mass is 296 g/mol. The minimum Gasteiger partial charge on any atom is -0.352 e. The molecule has 0 unspecified atom stereocenters. The van der Waals surface area contributed by atoms with Crippen molar-refractivity contribution in [2.75, 3.05) is 18.0 Å². The average Bonchev–Trinajstić information content (AvgIpc) is 2.27. The van der Waals surface area contributed by atoms with Gasteiger partial charge in [0.05, 0.1) is 18.8 Å². The Labute approximate surface area is 106 Å². The lowest BCUT2D eigenvalue weighted by molar-refractivity contribution is -0.130. The largest absolute Gasteiger partial charge is 0.352 e. The van der Waals surface area contributed by atoms with E-state index in [1.165, 1.54) is 0 Å². The highest BCUT2D eigenvalue weighted by Crippen LogP contribution is 2.27. The summed E-state index contributed by atoms with van der Waals surface area (Å²) in [5.74, 6) is -0.653. The second kappa shape index (κ2) is 4.67. The Morgan fingerprint density at radius 1 is 1.24 bits per heavy atom. The number of nitrogens with zero attached hydrogens (tertiary/aromatic N) is 1. The lowest BCUT2D eigenvalue weighted by Crippen LogP contribution is -2.51. The molecule has 17 heavy (non-hydrogen) atoms. The van der Waals surface area contributed by atoms with Gasteiger partial charge in [-0.2, -0.15) is 0 Å². The number of benzene rings is 1. The number of anilines is 1. The van der Waals surface area contributed by atoms with Crippen molar-refractivity contribution in [1.29, 1.82) is 0 Å². The lowest BCUT2D eigenvalue weighted by atomic mass is 10.2. The van der Waals surface area contributed by atoms with Crippen molar-refractivity contribution >= 4 is 39.7 Å². The summed E-state index contributed by atoms with van der Waals surface area (Å²) in [6.45, 7) is 0.259. The molecule has 2 rings (SSSR count). The number of aldehydes is 1. The molecule has 6 heteroatoms. The van der Waals surface area contributed by atoms with Crippen LogP contribution in [0.2, 0.25) is 0 Å². The standard InChI is InChI=1S/C11H9BrN2O3/c12-8-3-7(6-15)1-2-9(8)14-4-10(16)13-11(17)5-14/h1-3,6H,4-5H2,(H,13,16,17). The fourth-order valence-electron chi connectivity index (χ4n) is 1.66. The number of carbonyl (C=O) groups excluding carboxylic acids is 3. The number of carbonyl (C=O) groups is 3. The number of piperazine rings is 1. The first kappa shape index (κ1) is 11.8. The number of imide groups is 1. The van der Waals surface area contributed by atoms with Crippen molar-refractivity contribution in [2.45, 2.75) is 0 Å². The molecule has 1 aliphatic heterocycles. The first-order valence-electron chi connectivity index (χ1n) is 4.92. The summed E-state index contributed by atoms with van der Waals surface area (Å²) in [5, 5.41) is 2.23. The number of hydrogen-bond donors (Lipinski definition) is 1. The van der Waals surface area contributed by atoms with Gasteiger partial charge in [0.2, 0.25) is 11.8 Å². The molecule has 1 heterocycles. The highest BCUT2D eigenvalue weighted by Gasteiger charge is 2.23. The molecule has 0 spiro atoms. The molecule has 2 amide bonds. The summed E-state index contributed by atoms with van der Waals surface area (Å²) in [5.41, 5.74) is 1.26. The third-order valence-corrected chi connectivity index (χ3v) is 3.03. The van der Waals surface area contributed by atoms with E-state index in [1.54, 1.807) is 23.1 Å². The molecule has 1 fully saturated rings. The van der Waals surface area contributed by atoms with Gasteiger partial charge in [-0.1, -0.05) is 0 Å². The average molecular weight is 297 g/mol. The normalized spacial score (nSPS) is 15.7. The van der Waals surface area contributed by atoms with Crippen LogP contribution in [-0.2, 0) is 9.59 Å². The van der Waals surface area contributed by atoms with Crippen molar-refractivity contribution in [3.63, 3.8) is 0 Å². The first-order chi connectivity index (χ1) is 8.10. The van der Waals surface area contributed by atoms with E-state index in [-0.39, 0.29) is 24.9 Å². The second-order valence-electron chi connectivity index (χ2n) is 3.66. The Morgan fingerprint density at radius 3 is 2.41 bits per heavy atom. The minimum atomic E-state index is -0.326. The molecule has 5 nitrogen and oxygen atoms in total. The number of hydrogen-bond acceptors (Lipinski definition) is 4. The zero-order valence-corrected chi connectivity index (χ0v) is 10.4. The molecule has 0 saturated carbocycles. The molecule has 0 radical (unpaired) electrons. The smallest absolute Gasteiger partial charge is 0.246 e. The van der Waals surface area contributed by atoms with Gasteiger partial charge in [0.25, 0.3) is 0 Å². The maximum Gasteiger partial charge on any atom is 0.246 e. The Morgan fingerprint density at radius 2 is 1.88 bits per heavy atom. The van der Waals surface area contributed by atoms with Gasteiger partial charge in [0.15, 0.2) is 0 Å². The lowest BCUT2D eigenvalue weighted by Gasteiger charge is -2.28. The van der Waals surface area contributed by atoms with Crippen LogP contribution in [0, 0.1) is 0 Å². The zero-order valence-electron chi connectivity index (χ0n) is 8.77. The zero-order chi connectivity index (χ0) is 12.4. The van der Waals surface area contributed by atoms with E-state index in [0.717, 1.165) is 12.0 Å². The molecule has 1 saturated heterocycles. The number of nitrogens with one attached hydrogen (secondary N) is 1. The molecule has 1 aliphatic rings. The molecular formula is C11H9BrN2O3. The maximum absolute atomic E-state index is 11.2. The Bertz CT molecular complexity index is 485. The van der Waals surface area contributed by atoms with E-state index in [2.05, 4.69) is 21.2 Å². The highest BCUT2D eigenvalue weighted by molar-refractivity contribution is 9.10. The van der Waals surface area contributed by atoms with Gasteiger partial charge >= 0.3 is 0 Å². The van der Waals surface area contributed by atoms with Crippen LogP contribution in [0.3, 0.4) is 0 Å². The highest BCUT2D eigenvalue weighted by atomic mass is 79.9. The van der Waals surface area contributed by atoms with Gasteiger partial charge in [-0.25, -0.2) is 0 Å². The fraction of sp³-hybridized carbons (Fsp3) is 0.182. The minimum absolute atomic E-state index is 0.130. The molecule has 1 N–H and O–H groups in total. The van der Waals surface area contributed by atoms with E-state index in [1.807, 2.05) is 0 Å². The predicted octanol–water partition coefficient (Wildman–Crippen LogP) is 0.724. The van der Waals surface area contributed by atoms with E-state index in [9.17, 15) is 14.4 Å². The van der Waals surface area contributed by atoms with Crippen LogP contribution in [0.25, 0.3) is 0 Å². The third-order valence-electron chi connectivity index (χ3n) is 2.40. The van der Waals surface area contributed by atoms with Crippen molar-refractivity contribution in [1.82, 2.24) is 5.32 Å². The molecular weight excluding hydrogens is 288 g/mol. The Kier molecular flexibility index (Phi) is 3.23. The van der Waals surface area contributed by atoms with Crippen LogP contribution in [0.1, 0.15) is 10.4 Å². The number of rotatable bonds is 2. The fourth-order valence-corrected chi connectivity index (χ4v) is 2.31. The quantitative estimate of drug-likeness (QED) is 0.645. The Balaban J connectivity index is 2.30. The number of amides is 2. The Hall–Kier alpha value is -1.69. The second-order valence-corrected chi connectivity index (χ2v) is 4.51. The van der Waals surface area contributed by atoms with E-state index in [0.29, 0.717) is 10.0 Å². The molecule has 0 aliphatic carbocycles. The number of halogens is 1. The molecule has 0 bridgehead atoms. The van der Waals surface area contributed by atoms with Gasteiger partial charge in [-0.15, -0.1) is 0 Å². The maximum atomic E-state index is 11.2. The summed E-state index contributed by atoms with van der Waals surface area (Å²) in [4.78, 5) is 34.7. The van der Waals surface area contributed by atoms with E-state index in [4.69, 9.17) is 0 Å². The molecule has 1 aromatic carbocycles. The summed E-state index contributed by atoms with van der Waals surface area (Å²) < 4.78 is 0.685. The van der Waals surface area contributed by atoms with Crippen LogP contribution < -0.4 is 10.2 Å². The summed E-state index contributed by atoms with van der Waals surface area (Å²) >= 11 is 3.32.